The Bertz CT molecular complexity index is 547. The Morgan fingerprint density at radius 1 is 1.00 bits per heavy atom. The van der Waals surface area contributed by atoms with Crippen molar-refractivity contribution < 1.29 is 9.53 Å². The van der Waals surface area contributed by atoms with Gasteiger partial charge in [-0.3, -0.25) is 4.79 Å². The molecule has 92 valence electrons. The first kappa shape index (κ1) is 12.9. The third kappa shape index (κ3) is 2.84. The quantitative estimate of drug-likeness (QED) is 0.777. The summed E-state index contributed by atoms with van der Waals surface area (Å²) in [7, 11) is 0. The van der Waals surface area contributed by atoms with Crippen LogP contribution in [0.5, 0.6) is 5.75 Å². The molecular formula is C14H10Cl2O2. The topological polar surface area (TPSA) is 26.3 Å². The molecule has 2 aromatic carbocycles. The van der Waals surface area contributed by atoms with Crippen LogP contribution in [-0.2, 0) is 6.61 Å². The average molecular weight is 281 g/mol. The van der Waals surface area contributed by atoms with Gasteiger partial charge in [0.15, 0.2) is 6.29 Å². The largest absolute Gasteiger partial charge is 0.488 e. The van der Waals surface area contributed by atoms with E-state index in [0.717, 1.165) is 6.29 Å². The molecule has 2 nitrogen and oxygen atoms in total. The fourth-order valence-electron chi connectivity index (χ4n) is 1.53. The third-order valence-electron chi connectivity index (χ3n) is 2.48. The number of aldehydes is 1. The molecule has 0 aliphatic carbocycles. The zero-order chi connectivity index (χ0) is 13.0. The van der Waals surface area contributed by atoms with E-state index in [4.69, 9.17) is 27.9 Å². The van der Waals surface area contributed by atoms with Crippen molar-refractivity contribution in [3.05, 3.63) is 63.6 Å². The van der Waals surface area contributed by atoms with Gasteiger partial charge in [0.05, 0.1) is 5.56 Å². The highest BCUT2D eigenvalue weighted by atomic mass is 35.5. The summed E-state index contributed by atoms with van der Waals surface area (Å²) in [6.07, 6.45) is 0.754. The van der Waals surface area contributed by atoms with Crippen molar-refractivity contribution in [2.24, 2.45) is 0 Å². The highest BCUT2D eigenvalue weighted by molar-refractivity contribution is 6.35. The van der Waals surface area contributed by atoms with Crippen LogP contribution >= 0.6 is 23.2 Å². The van der Waals surface area contributed by atoms with Crippen LogP contribution in [0.4, 0.5) is 0 Å². The predicted octanol–water partition coefficient (Wildman–Crippen LogP) is 4.38. The van der Waals surface area contributed by atoms with E-state index in [1.54, 1.807) is 42.5 Å². The van der Waals surface area contributed by atoms with Crippen LogP contribution in [0.15, 0.2) is 42.5 Å². The molecular weight excluding hydrogens is 271 g/mol. The number of carbonyl (C=O) groups excluding carboxylic acids is 1. The number of carbonyl (C=O) groups is 1. The van der Waals surface area contributed by atoms with Crippen molar-refractivity contribution in [1.82, 2.24) is 0 Å². The smallest absolute Gasteiger partial charge is 0.153 e. The monoisotopic (exact) mass is 280 g/mol. The van der Waals surface area contributed by atoms with Crippen molar-refractivity contribution >= 4 is 29.5 Å². The maximum absolute atomic E-state index is 10.8. The van der Waals surface area contributed by atoms with E-state index < -0.39 is 0 Å². The zero-order valence-electron chi connectivity index (χ0n) is 9.40. The summed E-state index contributed by atoms with van der Waals surface area (Å²) in [5.74, 6) is 0.517. The van der Waals surface area contributed by atoms with Crippen LogP contribution in [0, 0.1) is 0 Å². The summed E-state index contributed by atoms with van der Waals surface area (Å²) in [5, 5.41) is 1.09. The lowest BCUT2D eigenvalue weighted by molar-refractivity contribution is 0.111. The van der Waals surface area contributed by atoms with E-state index in [1.165, 1.54) is 0 Å². The zero-order valence-corrected chi connectivity index (χ0v) is 10.9. The second-order valence-corrected chi connectivity index (χ2v) is 4.46. The second-order valence-electron chi connectivity index (χ2n) is 3.64. The van der Waals surface area contributed by atoms with Gasteiger partial charge in [0.25, 0.3) is 0 Å². The van der Waals surface area contributed by atoms with Gasteiger partial charge in [0.2, 0.25) is 0 Å². The first-order valence-corrected chi connectivity index (χ1v) is 6.08. The summed E-state index contributed by atoms with van der Waals surface area (Å²) >= 11 is 12.1. The van der Waals surface area contributed by atoms with E-state index >= 15 is 0 Å². The minimum absolute atomic E-state index is 0.226. The van der Waals surface area contributed by atoms with E-state index in [9.17, 15) is 4.79 Å². The van der Waals surface area contributed by atoms with E-state index in [2.05, 4.69) is 0 Å². The van der Waals surface area contributed by atoms with Gasteiger partial charge in [-0.25, -0.2) is 0 Å². The van der Waals surface area contributed by atoms with Gasteiger partial charge in [-0.05, 0) is 24.3 Å². The lowest BCUT2D eigenvalue weighted by atomic mass is 10.2. The minimum atomic E-state index is 0.226. The highest BCUT2D eigenvalue weighted by Gasteiger charge is 2.07. The van der Waals surface area contributed by atoms with Gasteiger partial charge in [0.1, 0.15) is 12.4 Å². The lowest BCUT2D eigenvalue weighted by Crippen LogP contribution is -1.99. The van der Waals surface area contributed by atoms with Crippen LogP contribution in [0.1, 0.15) is 15.9 Å². The number of hydrogen-bond donors (Lipinski definition) is 0. The van der Waals surface area contributed by atoms with Gasteiger partial charge < -0.3 is 4.74 Å². The SMILES string of the molecule is O=Cc1ccccc1OCc1c(Cl)cccc1Cl. The molecule has 0 spiro atoms. The summed E-state index contributed by atoms with van der Waals surface area (Å²) in [4.78, 5) is 10.8. The molecule has 2 rings (SSSR count). The van der Waals surface area contributed by atoms with Crippen LogP contribution < -0.4 is 4.74 Å². The number of para-hydroxylation sites is 1. The van der Waals surface area contributed by atoms with Crippen molar-refractivity contribution in [2.45, 2.75) is 6.61 Å². The third-order valence-corrected chi connectivity index (χ3v) is 3.19. The Kier molecular flexibility index (Phi) is 4.24. The van der Waals surface area contributed by atoms with Crippen LogP contribution in [0.25, 0.3) is 0 Å². The Hall–Kier alpha value is -1.51. The standard InChI is InChI=1S/C14H10Cl2O2/c15-12-5-3-6-13(16)11(12)9-18-14-7-2-1-4-10(14)8-17/h1-8H,9H2. The van der Waals surface area contributed by atoms with Crippen LogP contribution in [0.2, 0.25) is 10.0 Å². The molecule has 0 saturated heterocycles. The Morgan fingerprint density at radius 3 is 2.33 bits per heavy atom. The van der Waals surface area contributed by atoms with Crippen molar-refractivity contribution in [3.8, 4) is 5.75 Å². The summed E-state index contributed by atoms with van der Waals surface area (Å²) in [6.45, 7) is 0.226. The molecule has 2 aromatic rings. The van der Waals surface area contributed by atoms with Gasteiger partial charge in [0, 0.05) is 15.6 Å². The molecule has 0 unspecified atom stereocenters. The molecule has 4 heteroatoms. The molecule has 0 aliphatic heterocycles. The Labute approximate surface area is 115 Å². The molecule has 0 aromatic heterocycles. The van der Waals surface area contributed by atoms with Crippen molar-refractivity contribution in [3.63, 3.8) is 0 Å². The molecule has 0 amide bonds. The van der Waals surface area contributed by atoms with E-state index in [0.29, 0.717) is 26.9 Å². The molecule has 18 heavy (non-hydrogen) atoms. The van der Waals surface area contributed by atoms with Crippen molar-refractivity contribution in [2.75, 3.05) is 0 Å². The average Bonchev–Trinajstić information content (AvgIpc) is 2.38. The molecule has 0 aliphatic rings. The predicted molar refractivity (Wildman–Crippen MR) is 72.6 cm³/mol. The van der Waals surface area contributed by atoms with Crippen LogP contribution in [0.3, 0.4) is 0 Å². The van der Waals surface area contributed by atoms with E-state index in [1.807, 2.05) is 0 Å². The molecule has 0 N–H and O–H groups in total. The number of benzene rings is 2. The normalized spacial score (nSPS) is 10.1. The van der Waals surface area contributed by atoms with Gasteiger partial charge >= 0.3 is 0 Å². The Balaban J connectivity index is 2.19. The lowest BCUT2D eigenvalue weighted by Gasteiger charge is -2.10. The highest BCUT2D eigenvalue weighted by Crippen LogP contribution is 2.26. The maximum atomic E-state index is 10.8. The van der Waals surface area contributed by atoms with Gasteiger partial charge in [-0.1, -0.05) is 41.4 Å². The first-order chi connectivity index (χ1) is 8.72. The molecule has 0 saturated carbocycles. The molecule has 0 bridgehead atoms. The summed E-state index contributed by atoms with van der Waals surface area (Å²) < 4.78 is 5.58. The number of rotatable bonds is 4. The molecule has 0 heterocycles. The number of halogens is 2. The maximum Gasteiger partial charge on any atom is 0.153 e. The number of ether oxygens (including phenoxy) is 1. The number of hydrogen-bond acceptors (Lipinski definition) is 2. The van der Waals surface area contributed by atoms with Crippen LogP contribution in [-0.4, -0.2) is 6.29 Å². The molecule has 0 radical (unpaired) electrons. The second kappa shape index (κ2) is 5.89. The summed E-state index contributed by atoms with van der Waals surface area (Å²) in [5.41, 5.74) is 1.21. The van der Waals surface area contributed by atoms with E-state index in [-0.39, 0.29) is 6.61 Å². The molecule has 0 atom stereocenters. The summed E-state index contributed by atoms with van der Waals surface area (Å²) in [6, 6.07) is 12.3. The fourth-order valence-corrected chi connectivity index (χ4v) is 2.04. The first-order valence-electron chi connectivity index (χ1n) is 5.32. The van der Waals surface area contributed by atoms with Gasteiger partial charge in [-0.2, -0.15) is 0 Å². The molecule has 0 fully saturated rings. The van der Waals surface area contributed by atoms with Gasteiger partial charge in [-0.15, -0.1) is 0 Å². The van der Waals surface area contributed by atoms with Crippen molar-refractivity contribution in [1.29, 1.82) is 0 Å². The fraction of sp³-hybridized carbons (Fsp3) is 0.0714. The Morgan fingerprint density at radius 2 is 1.67 bits per heavy atom. The minimum Gasteiger partial charge on any atom is -0.488 e.